The Balaban J connectivity index is 0.00000220. The van der Waals surface area contributed by atoms with Crippen molar-refractivity contribution in [3.63, 3.8) is 0 Å². The van der Waals surface area contributed by atoms with Gasteiger partial charge >= 0.3 is 0 Å². The number of hydrogen-bond donors (Lipinski definition) is 1. The standard InChI is InChI=1S/C16H24F2N2.2ClH/c1-4-11(2)16(20-9-7-19-8-10-20)13-6-5-12(3)14(17)15(13)18;;/h5-6,11,16,19H,4,7-10H2,1-3H3;2*1H/t11?,16-;;/m1../s1. The molecule has 2 nitrogen and oxygen atoms in total. The van der Waals surface area contributed by atoms with E-state index >= 15 is 0 Å². The Kier molecular flexibility index (Phi) is 9.47. The van der Waals surface area contributed by atoms with E-state index < -0.39 is 11.6 Å². The van der Waals surface area contributed by atoms with Crippen molar-refractivity contribution in [1.29, 1.82) is 0 Å². The lowest BCUT2D eigenvalue weighted by atomic mass is 9.89. The number of hydrogen-bond acceptors (Lipinski definition) is 2. The largest absolute Gasteiger partial charge is 0.314 e. The normalized spacial score (nSPS) is 18.0. The lowest BCUT2D eigenvalue weighted by Crippen LogP contribution is -2.46. The summed E-state index contributed by atoms with van der Waals surface area (Å²) in [7, 11) is 0. The van der Waals surface area contributed by atoms with Gasteiger partial charge in [-0.05, 0) is 18.4 Å². The third kappa shape index (κ3) is 4.54. The van der Waals surface area contributed by atoms with Gasteiger partial charge < -0.3 is 5.32 Å². The molecule has 1 N–H and O–H groups in total. The van der Waals surface area contributed by atoms with Crippen LogP contribution in [0.2, 0.25) is 0 Å². The first kappa shape index (κ1) is 21.6. The molecule has 1 aliphatic rings. The van der Waals surface area contributed by atoms with Crippen molar-refractivity contribution in [2.75, 3.05) is 26.2 Å². The maximum atomic E-state index is 14.3. The highest BCUT2D eigenvalue weighted by molar-refractivity contribution is 5.85. The van der Waals surface area contributed by atoms with E-state index in [4.69, 9.17) is 0 Å². The van der Waals surface area contributed by atoms with Crippen LogP contribution in [0.15, 0.2) is 12.1 Å². The molecule has 1 heterocycles. The van der Waals surface area contributed by atoms with E-state index in [1.807, 2.05) is 0 Å². The van der Waals surface area contributed by atoms with Gasteiger partial charge in [0.05, 0.1) is 0 Å². The molecule has 1 saturated heterocycles. The Hall–Kier alpha value is -0.420. The van der Waals surface area contributed by atoms with Gasteiger partial charge in [-0.3, -0.25) is 4.90 Å². The summed E-state index contributed by atoms with van der Waals surface area (Å²) < 4.78 is 28.2. The van der Waals surface area contributed by atoms with Crippen LogP contribution in [0.1, 0.15) is 37.4 Å². The van der Waals surface area contributed by atoms with Gasteiger partial charge in [0.2, 0.25) is 0 Å². The summed E-state index contributed by atoms with van der Waals surface area (Å²) in [5.41, 5.74) is 0.874. The molecule has 0 amide bonds. The van der Waals surface area contributed by atoms with Crippen LogP contribution in [-0.4, -0.2) is 31.1 Å². The molecule has 2 atom stereocenters. The van der Waals surface area contributed by atoms with Crippen molar-refractivity contribution in [3.8, 4) is 0 Å². The summed E-state index contributed by atoms with van der Waals surface area (Å²) in [6.45, 7) is 9.39. The molecule has 1 unspecified atom stereocenters. The summed E-state index contributed by atoms with van der Waals surface area (Å²) >= 11 is 0. The lowest BCUT2D eigenvalue weighted by Gasteiger charge is -2.38. The molecule has 22 heavy (non-hydrogen) atoms. The van der Waals surface area contributed by atoms with Gasteiger partial charge in [-0.25, -0.2) is 8.78 Å². The van der Waals surface area contributed by atoms with Crippen LogP contribution < -0.4 is 5.32 Å². The Morgan fingerprint density at radius 2 is 1.73 bits per heavy atom. The fraction of sp³-hybridized carbons (Fsp3) is 0.625. The van der Waals surface area contributed by atoms with Gasteiger partial charge in [-0.15, -0.1) is 24.8 Å². The first-order valence-corrected chi connectivity index (χ1v) is 7.45. The van der Waals surface area contributed by atoms with Crippen molar-refractivity contribution in [2.45, 2.75) is 33.2 Å². The van der Waals surface area contributed by atoms with Crippen LogP contribution in [0.3, 0.4) is 0 Å². The molecule has 1 aromatic rings. The smallest absolute Gasteiger partial charge is 0.163 e. The topological polar surface area (TPSA) is 15.3 Å². The van der Waals surface area contributed by atoms with Crippen molar-refractivity contribution < 1.29 is 8.78 Å². The summed E-state index contributed by atoms with van der Waals surface area (Å²) in [5, 5.41) is 3.30. The molecule has 1 fully saturated rings. The van der Waals surface area contributed by atoms with E-state index in [1.165, 1.54) is 0 Å². The maximum absolute atomic E-state index is 14.3. The summed E-state index contributed by atoms with van der Waals surface area (Å²) in [4.78, 5) is 2.28. The van der Waals surface area contributed by atoms with Gasteiger partial charge in [-0.2, -0.15) is 0 Å². The Labute approximate surface area is 144 Å². The Morgan fingerprint density at radius 1 is 1.14 bits per heavy atom. The van der Waals surface area contributed by atoms with Crippen molar-refractivity contribution in [1.82, 2.24) is 10.2 Å². The number of nitrogens with one attached hydrogen (secondary N) is 1. The van der Waals surface area contributed by atoms with Crippen LogP contribution in [-0.2, 0) is 0 Å². The first-order chi connectivity index (χ1) is 9.56. The molecule has 128 valence electrons. The minimum Gasteiger partial charge on any atom is -0.314 e. The number of nitrogens with zero attached hydrogens (tertiary/aromatic N) is 1. The second kappa shape index (κ2) is 9.66. The highest BCUT2D eigenvalue weighted by atomic mass is 35.5. The number of piperazine rings is 1. The van der Waals surface area contributed by atoms with E-state index in [-0.39, 0.29) is 30.9 Å². The second-order valence-corrected chi connectivity index (χ2v) is 5.72. The molecule has 0 spiro atoms. The summed E-state index contributed by atoms with van der Waals surface area (Å²) in [5.74, 6) is -1.08. The van der Waals surface area contributed by atoms with Crippen LogP contribution in [0.5, 0.6) is 0 Å². The molecule has 0 radical (unpaired) electrons. The maximum Gasteiger partial charge on any atom is 0.163 e. The fourth-order valence-corrected chi connectivity index (χ4v) is 2.94. The third-order valence-corrected chi connectivity index (χ3v) is 4.35. The molecule has 6 heteroatoms. The average Bonchev–Trinajstić information content (AvgIpc) is 2.48. The molecule has 0 bridgehead atoms. The minimum atomic E-state index is -0.703. The van der Waals surface area contributed by atoms with Gasteiger partial charge in [-0.1, -0.05) is 32.4 Å². The molecular formula is C16H26Cl2F2N2. The quantitative estimate of drug-likeness (QED) is 0.875. The van der Waals surface area contributed by atoms with Crippen LogP contribution in [0.4, 0.5) is 8.78 Å². The molecule has 1 aromatic carbocycles. The first-order valence-electron chi connectivity index (χ1n) is 7.45. The second-order valence-electron chi connectivity index (χ2n) is 5.72. The highest BCUT2D eigenvalue weighted by Gasteiger charge is 2.29. The van der Waals surface area contributed by atoms with Crippen molar-refractivity contribution in [3.05, 3.63) is 34.9 Å². The predicted molar refractivity (Wildman–Crippen MR) is 92.2 cm³/mol. The third-order valence-electron chi connectivity index (χ3n) is 4.35. The summed E-state index contributed by atoms with van der Waals surface area (Å²) in [6.07, 6.45) is 0.948. The zero-order valence-corrected chi connectivity index (χ0v) is 15.0. The van der Waals surface area contributed by atoms with Crippen LogP contribution >= 0.6 is 24.8 Å². The van der Waals surface area contributed by atoms with Crippen molar-refractivity contribution >= 4 is 24.8 Å². The van der Waals surface area contributed by atoms with Crippen molar-refractivity contribution in [2.24, 2.45) is 5.92 Å². The van der Waals surface area contributed by atoms with Crippen LogP contribution in [0.25, 0.3) is 0 Å². The van der Waals surface area contributed by atoms with Gasteiger partial charge in [0.25, 0.3) is 0 Å². The number of halogens is 4. The van der Waals surface area contributed by atoms with E-state index in [2.05, 4.69) is 24.1 Å². The molecule has 1 aliphatic heterocycles. The Morgan fingerprint density at radius 3 is 2.27 bits per heavy atom. The predicted octanol–water partition coefficient (Wildman–Crippen LogP) is 4.11. The van der Waals surface area contributed by atoms with Gasteiger partial charge in [0.15, 0.2) is 11.6 Å². The molecule has 0 aliphatic carbocycles. The van der Waals surface area contributed by atoms with E-state index in [9.17, 15) is 8.78 Å². The zero-order chi connectivity index (χ0) is 14.7. The molecular weight excluding hydrogens is 329 g/mol. The van der Waals surface area contributed by atoms with Gasteiger partial charge in [0.1, 0.15) is 0 Å². The average molecular weight is 355 g/mol. The SMILES string of the molecule is CCC(C)[C@H](c1ccc(C)c(F)c1F)N1CCNCC1.Cl.Cl. The lowest BCUT2D eigenvalue weighted by molar-refractivity contribution is 0.125. The minimum absolute atomic E-state index is 0. The Bertz CT molecular complexity index is 466. The molecule has 2 rings (SSSR count). The van der Waals surface area contributed by atoms with E-state index in [0.29, 0.717) is 17.0 Å². The molecule has 0 saturated carbocycles. The van der Waals surface area contributed by atoms with Gasteiger partial charge in [0, 0.05) is 37.8 Å². The number of aryl methyl sites for hydroxylation is 1. The monoisotopic (exact) mass is 354 g/mol. The van der Waals surface area contributed by atoms with Crippen LogP contribution in [0, 0.1) is 24.5 Å². The number of rotatable bonds is 4. The fourth-order valence-electron chi connectivity index (χ4n) is 2.94. The molecule has 0 aromatic heterocycles. The zero-order valence-electron chi connectivity index (χ0n) is 13.4. The highest BCUT2D eigenvalue weighted by Crippen LogP contribution is 2.33. The number of benzene rings is 1. The van der Waals surface area contributed by atoms with E-state index in [0.717, 1.165) is 32.6 Å². The summed E-state index contributed by atoms with van der Waals surface area (Å²) in [6, 6.07) is 3.40. The van der Waals surface area contributed by atoms with E-state index in [1.54, 1.807) is 19.1 Å².